The van der Waals surface area contributed by atoms with E-state index in [1.165, 1.54) is 6.42 Å². The number of rotatable bonds is 3. The summed E-state index contributed by atoms with van der Waals surface area (Å²) in [5.74, 6) is -0.135. The SMILES string of the molecule is NC1=NC2CCC(Cl)CC2C1(O)C1CC(F)CCC1OC1CCC1. The second-order valence-electron chi connectivity index (χ2n) is 8.17. The Morgan fingerprint density at radius 3 is 2.62 bits per heavy atom. The van der Waals surface area contributed by atoms with Crippen molar-refractivity contribution in [3.05, 3.63) is 0 Å². The Labute approximate surface area is 148 Å². The monoisotopic (exact) mass is 358 g/mol. The van der Waals surface area contributed by atoms with Crippen LogP contribution in [0.3, 0.4) is 0 Å². The van der Waals surface area contributed by atoms with Crippen LogP contribution in [0.4, 0.5) is 4.39 Å². The zero-order chi connectivity index (χ0) is 16.9. The molecule has 0 spiro atoms. The van der Waals surface area contributed by atoms with E-state index in [0.29, 0.717) is 25.7 Å². The molecule has 4 aliphatic rings. The Morgan fingerprint density at radius 1 is 1.12 bits per heavy atom. The molecule has 0 aromatic rings. The maximum absolute atomic E-state index is 14.2. The fourth-order valence-electron chi connectivity index (χ4n) is 5.14. The highest BCUT2D eigenvalue weighted by Crippen LogP contribution is 2.49. The number of fused-ring (bicyclic) bond motifs is 1. The van der Waals surface area contributed by atoms with E-state index in [2.05, 4.69) is 4.99 Å². The molecule has 3 N–H and O–H groups in total. The van der Waals surface area contributed by atoms with Crippen LogP contribution >= 0.6 is 11.6 Å². The molecule has 1 heterocycles. The van der Waals surface area contributed by atoms with Gasteiger partial charge in [0.15, 0.2) is 0 Å². The van der Waals surface area contributed by atoms with Gasteiger partial charge in [0.05, 0.1) is 18.2 Å². The highest BCUT2D eigenvalue weighted by Gasteiger charge is 2.59. The first kappa shape index (κ1) is 17.0. The van der Waals surface area contributed by atoms with Gasteiger partial charge in [0.2, 0.25) is 0 Å². The topological polar surface area (TPSA) is 67.8 Å². The summed E-state index contributed by atoms with van der Waals surface area (Å²) in [7, 11) is 0. The van der Waals surface area contributed by atoms with Crippen molar-refractivity contribution in [2.45, 2.75) is 93.2 Å². The molecule has 3 saturated carbocycles. The summed E-state index contributed by atoms with van der Waals surface area (Å²) < 4.78 is 20.5. The Hall–Kier alpha value is -0.390. The summed E-state index contributed by atoms with van der Waals surface area (Å²) in [6, 6.07) is 0.0225. The van der Waals surface area contributed by atoms with E-state index in [1.807, 2.05) is 0 Å². The van der Waals surface area contributed by atoms with Gasteiger partial charge in [-0.15, -0.1) is 11.6 Å². The summed E-state index contributed by atoms with van der Waals surface area (Å²) in [5.41, 5.74) is 4.95. The molecule has 0 bridgehead atoms. The van der Waals surface area contributed by atoms with Gasteiger partial charge in [0.1, 0.15) is 17.6 Å². The minimum absolute atomic E-state index is 0.0225. The zero-order valence-corrected chi connectivity index (χ0v) is 14.8. The third-order valence-electron chi connectivity index (χ3n) is 6.74. The average molecular weight is 359 g/mol. The molecular formula is C18H28ClFN2O2. The molecule has 24 heavy (non-hydrogen) atoms. The molecule has 0 radical (unpaired) electrons. The number of hydrogen-bond acceptors (Lipinski definition) is 4. The van der Waals surface area contributed by atoms with Crippen LogP contribution in [0.15, 0.2) is 4.99 Å². The Kier molecular flexibility index (Phi) is 4.55. The van der Waals surface area contributed by atoms with E-state index in [9.17, 15) is 9.50 Å². The van der Waals surface area contributed by atoms with Crippen LogP contribution in [0, 0.1) is 11.8 Å². The molecule has 7 atom stereocenters. The number of aliphatic imine (C=N–C) groups is 1. The smallest absolute Gasteiger partial charge is 0.131 e. The van der Waals surface area contributed by atoms with Crippen molar-refractivity contribution in [2.24, 2.45) is 22.6 Å². The molecule has 0 amide bonds. The third-order valence-corrected chi connectivity index (χ3v) is 7.13. The van der Waals surface area contributed by atoms with Crippen LogP contribution in [0.5, 0.6) is 0 Å². The van der Waals surface area contributed by atoms with E-state index in [1.54, 1.807) is 0 Å². The summed E-state index contributed by atoms with van der Waals surface area (Å²) in [6.07, 6.45) is 6.47. The van der Waals surface area contributed by atoms with Gasteiger partial charge in [-0.1, -0.05) is 0 Å². The molecule has 0 saturated heterocycles. The van der Waals surface area contributed by atoms with Crippen molar-refractivity contribution in [1.29, 1.82) is 0 Å². The zero-order valence-electron chi connectivity index (χ0n) is 14.0. The van der Waals surface area contributed by atoms with Crippen molar-refractivity contribution < 1.29 is 14.2 Å². The van der Waals surface area contributed by atoms with Crippen LogP contribution in [-0.2, 0) is 4.74 Å². The minimum Gasteiger partial charge on any atom is -0.385 e. The van der Waals surface area contributed by atoms with Crippen LogP contribution in [0.25, 0.3) is 0 Å². The van der Waals surface area contributed by atoms with Crippen molar-refractivity contribution in [3.63, 3.8) is 0 Å². The van der Waals surface area contributed by atoms with Crippen LogP contribution in [0.1, 0.15) is 57.8 Å². The molecule has 4 rings (SSSR count). The molecular weight excluding hydrogens is 331 g/mol. The van der Waals surface area contributed by atoms with Crippen LogP contribution in [0.2, 0.25) is 0 Å². The molecule has 3 fully saturated rings. The van der Waals surface area contributed by atoms with Gasteiger partial charge < -0.3 is 15.6 Å². The first-order valence-corrected chi connectivity index (χ1v) is 9.91. The lowest BCUT2D eigenvalue weighted by Gasteiger charge is -2.48. The van der Waals surface area contributed by atoms with Gasteiger partial charge in [0, 0.05) is 17.2 Å². The molecule has 4 nitrogen and oxygen atoms in total. The fourth-order valence-corrected chi connectivity index (χ4v) is 5.46. The quantitative estimate of drug-likeness (QED) is 0.762. The van der Waals surface area contributed by atoms with Crippen LogP contribution in [-0.4, -0.2) is 46.3 Å². The lowest BCUT2D eigenvalue weighted by molar-refractivity contribution is -0.149. The highest BCUT2D eigenvalue weighted by atomic mass is 35.5. The molecule has 7 unspecified atom stereocenters. The number of amidine groups is 1. The summed E-state index contributed by atoms with van der Waals surface area (Å²) in [5, 5.41) is 11.7. The predicted octanol–water partition coefficient (Wildman–Crippen LogP) is 2.94. The van der Waals surface area contributed by atoms with Crippen molar-refractivity contribution in [2.75, 3.05) is 0 Å². The van der Waals surface area contributed by atoms with Crippen LogP contribution < -0.4 is 5.73 Å². The van der Waals surface area contributed by atoms with Gasteiger partial charge in [0.25, 0.3) is 0 Å². The number of hydrogen-bond donors (Lipinski definition) is 2. The largest absolute Gasteiger partial charge is 0.385 e. The molecule has 1 aliphatic heterocycles. The molecule has 3 aliphatic carbocycles. The fraction of sp³-hybridized carbons (Fsp3) is 0.944. The molecule has 0 aromatic heterocycles. The minimum atomic E-state index is -1.27. The van der Waals surface area contributed by atoms with Crippen molar-refractivity contribution in [3.8, 4) is 0 Å². The van der Waals surface area contributed by atoms with Gasteiger partial charge in [-0.25, -0.2) is 4.39 Å². The Balaban J connectivity index is 1.60. The lowest BCUT2D eigenvalue weighted by Crippen LogP contribution is -2.60. The summed E-state index contributed by atoms with van der Waals surface area (Å²) in [4.78, 5) is 4.55. The number of nitrogens with zero attached hydrogens (tertiary/aromatic N) is 1. The first-order chi connectivity index (χ1) is 11.5. The second kappa shape index (κ2) is 6.40. The number of nitrogens with two attached hydrogens (primary N) is 1. The highest BCUT2D eigenvalue weighted by molar-refractivity contribution is 6.20. The van der Waals surface area contributed by atoms with Gasteiger partial charge >= 0.3 is 0 Å². The van der Waals surface area contributed by atoms with E-state index in [-0.39, 0.29) is 41.3 Å². The second-order valence-corrected chi connectivity index (χ2v) is 8.79. The molecule has 6 heteroatoms. The molecule has 0 aromatic carbocycles. The number of ether oxygens (including phenoxy) is 1. The maximum atomic E-state index is 14.2. The van der Waals surface area contributed by atoms with Crippen molar-refractivity contribution >= 4 is 17.4 Å². The summed E-state index contributed by atoms with van der Waals surface area (Å²) in [6.45, 7) is 0. The Morgan fingerprint density at radius 2 is 1.92 bits per heavy atom. The first-order valence-electron chi connectivity index (χ1n) is 9.48. The number of halogens is 2. The van der Waals surface area contributed by atoms with Gasteiger partial charge in [-0.2, -0.15) is 0 Å². The third kappa shape index (κ3) is 2.77. The predicted molar refractivity (Wildman–Crippen MR) is 92.1 cm³/mol. The molecule has 136 valence electrons. The Bertz CT molecular complexity index is 515. The van der Waals surface area contributed by atoms with Gasteiger partial charge in [-0.05, 0) is 57.8 Å². The number of aliphatic hydroxyl groups is 1. The van der Waals surface area contributed by atoms with Gasteiger partial charge in [-0.3, -0.25) is 4.99 Å². The lowest BCUT2D eigenvalue weighted by atomic mass is 9.64. The number of alkyl halides is 2. The van der Waals surface area contributed by atoms with E-state index in [4.69, 9.17) is 22.1 Å². The van der Waals surface area contributed by atoms with E-state index >= 15 is 0 Å². The standard InChI is InChI=1S/C18H28ClFN2O2/c19-10-4-6-15-13(8-10)18(23,17(21)22-15)14-9-11(20)5-7-16(14)24-12-2-1-3-12/h10-16,23H,1-9H2,(H2,21,22). The van der Waals surface area contributed by atoms with E-state index in [0.717, 1.165) is 25.7 Å². The average Bonchev–Trinajstić information content (AvgIpc) is 2.76. The normalized spacial score (nSPS) is 49.4. The maximum Gasteiger partial charge on any atom is 0.131 e. The van der Waals surface area contributed by atoms with E-state index < -0.39 is 11.8 Å². The summed E-state index contributed by atoms with van der Waals surface area (Å²) >= 11 is 6.37. The van der Waals surface area contributed by atoms with Crippen molar-refractivity contribution in [1.82, 2.24) is 0 Å².